The quantitative estimate of drug-likeness (QED) is 0.631. The standard InChI is InChI=1S/C19H20N2O2S2.ClH/c20-13-7-9-21(10-8-13)19(22)18-15(12-25-17-6-3-11-24-17)14-4-1-2-5-16(14)23-18;/h1-6,11,13H,7-10,12,20H2;1H. The van der Waals surface area contributed by atoms with Gasteiger partial charge in [-0.05, 0) is 30.4 Å². The lowest BCUT2D eigenvalue weighted by Crippen LogP contribution is -2.42. The molecule has 3 heterocycles. The number of benzene rings is 1. The number of para-hydroxylation sites is 1. The molecule has 0 atom stereocenters. The van der Waals surface area contributed by atoms with Crippen molar-refractivity contribution < 1.29 is 9.21 Å². The highest BCUT2D eigenvalue weighted by molar-refractivity contribution is 8.00. The van der Waals surface area contributed by atoms with Crippen LogP contribution in [0.5, 0.6) is 0 Å². The third-order valence-electron chi connectivity index (χ3n) is 4.57. The SMILES string of the molecule is Cl.NC1CCN(C(=O)c2oc3ccccc3c2CSc2cccs2)CC1. The molecule has 138 valence electrons. The number of hydrogen-bond donors (Lipinski definition) is 1. The van der Waals surface area contributed by atoms with Gasteiger partial charge in [0.2, 0.25) is 0 Å². The highest BCUT2D eigenvalue weighted by Crippen LogP contribution is 2.34. The Morgan fingerprint density at radius 3 is 2.73 bits per heavy atom. The lowest BCUT2D eigenvalue weighted by Gasteiger charge is -2.29. The maximum atomic E-state index is 13.0. The summed E-state index contributed by atoms with van der Waals surface area (Å²) in [6, 6.07) is 12.2. The average Bonchev–Trinajstić information content (AvgIpc) is 3.27. The Kier molecular flexibility index (Phi) is 6.29. The average molecular weight is 409 g/mol. The van der Waals surface area contributed by atoms with Gasteiger partial charge in [-0.3, -0.25) is 4.79 Å². The number of rotatable bonds is 4. The summed E-state index contributed by atoms with van der Waals surface area (Å²) in [7, 11) is 0. The van der Waals surface area contributed by atoms with Crippen LogP contribution in [0.1, 0.15) is 29.0 Å². The molecule has 0 unspecified atom stereocenters. The van der Waals surface area contributed by atoms with Crippen molar-refractivity contribution in [2.75, 3.05) is 13.1 Å². The first-order valence-electron chi connectivity index (χ1n) is 8.44. The Hall–Kier alpha value is -1.47. The van der Waals surface area contributed by atoms with Crippen molar-refractivity contribution >= 4 is 52.4 Å². The van der Waals surface area contributed by atoms with Crippen LogP contribution in [0.4, 0.5) is 0 Å². The monoisotopic (exact) mass is 408 g/mol. The Morgan fingerprint density at radius 1 is 1.23 bits per heavy atom. The Balaban J connectivity index is 0.00000196. The number of furan rings is 1. The van der Waals surface area contributed by atoms with Crippen molar-refractivity contribution in [2.24, 2.45) is 5.73 Å². The fraction of sp³-hybridized carbons (Fsp3) is 0.316. The molecule has 7 heteroatoms. The molecule has 1 aromatic carbocycles. The molecule has 1 saturated heterocycles. The van der Waals surface area contributed by atoms with Crippen molar-refractivity contribution in [2.45, 2.75) is 28.8 Å². The van der Waals surface area contributed by atoms with Crippen LogP contribution in [0.25, 0.3) is 11.0 Å². The van der Waals surface area contributed by atoms with E-state index in [1.54, 1.807) is 23.1 Å². The zero-order chi connectivity index (χ0) is 17.2. The molecular weight excluding hydrogens is 388 g/mol. The normalized spacial score (nSPS) is 15.2. The van der Waals surface area contributed by atoms with Crippen LogP contribution in [0.15, 0.2) is 50.4 Å². The minimum absolute atomic E-state index is 0. The van der Waals surface area contributed by atoms with Crippen molar-refractivity contribution in [3.63, 3.8) is 0 Å². The van der Waals surface area contributed by atoms with Crippen LogP contribution in [-0.2, 0) is 5.75 Å². The highest BCUT2D eigenvalue weighted by atomic mass is 35.5. The summed E-state index contributed by atoms with van der Waals surface area (Å²) in [6.45, 7) is 1.41. The minimum Gasteiger partial charge on any atom is -0.451 e. The van der Waals surface area contributed by atoms with Crippen LogP contribution in [0, 0.1) is 0 Å². The Bertz CT molecular complexity index is 871. The number of carbonyl (C=O) groups is 1. The van der Waals surface area contributed by atoms with E-state index >= 15 is 0 Å². The van der Waals surface area contributed by atoms with Crippen LogP contribution in [0.2, 0.25) is 0 Å². The molecule has 0 radical (unpaired) electrons. The predicted molar refractivity (Wildman–Crippen MR) is 110 cm³/mol. The van der Waals surface area contributed by atoms with Crippen molar-refractivity contribution in [3.8, 4) is 0 Å². The first kappa shape index (κ1) is 19.3. The van der Waals surface area contributed by atoms with Gasteiger partial charge in [0.25, 0.3) is 5.91 Å². The lowest BCUT2D eigenvalue weighted by molar-refractivity contribution is 0.0684. The molecule has 4 rings (SSSR count). The first-order valence-corrected chi connectivity index (χ1v) is 10.3. The Morgan fingerprint density at radius 2 is 2.00 bits per heavy atom. The van der Waals surface area contributed by atoms with Gasteiger partial charge in [0.1, 0.15) is 5.58 Å². The van der Waals surface area contributed by atoms with Gasteiger partial charge in [-0.15, -0.1) is 35.5 Å². The number of carbonyl (C=O) groups excluding carboxylic acids is 1. The van der Waals surface area contributed by atoms with Crippen LogP contribution in [0.3, 0.4) is 0 Å². The number of fused-ring (bicyclic) bond motifs is 1. The second kappa shape index (κ2) is 8.48. The van der Waals surface area contributed by atoms with E-state index in [-0.39, 0.29) is 24.4 Å². The molecular formula is C19H21ClN2O2S2. The largest absolute Gasteiger partial charge is 0.451 e. The first-order chi connectivity index (χ1) is 12.2. The summed E-state index contributed by atoms with van der Waals surface area (Å²) in [5.41, 5.74) is 7.74. The second-order valence-electron chi connectivity index (χ2n) is 6.26. The summed E-state index contributed by atoms with van der Waals surface area (Å²) in [4.78, 5) is 14.9. The number of thioether (sulfide) groups is 1. The Labute approximate surface area is 167 Å². The predicted octanol–water partition coefficient (Wildman–Crippen LogP) is 4.77. The maximum Gasteiger partial charge on any atom is 0.289 e. The van der Waals surface area contributed by atoms with E-state index in [1.807, 2.05) is 35.2 Å². The molecule has 26 heavy (non-hydrogen) atoms. The van der Waals surface area contributed by atoms with Crippen molar-refractivity contribution in [1.82, 2.24) is 4.90 Å². The lowest BCUT2D eigenvalue weighted by atomic mass is 10.1. The smallest absolute Gasteiger partial charge is 0.289 e. The number of halogens is 1. The van der Waals surface area contributed by atoms with Crippen molar-refractivity contribution in [3.05, 3.63) is 53.1 Å². The number of hydrogen-bond acceptors (Lipinski definition) is 5. The fourth-order valence-electron chi connectivity index (χ4n) is 3.15. The van der Waals surface area contributed by atoms with Crippen LogP contribution >= 0.6 is 35.5 Å². The molecule has 3 aromatic rings. The van der Waals surface area contributed by atoms with Gasteiger partial charge >= 0.3 is 0 Å². The summed E-state index contributed by atoms with van der Waals surface area (Å²) in [5.74, 6) is 1.21. The summed E-state index contributed by atoms with van der Waals surface area (Å²) >= 11 is 3.46. The highest BCUT2D eigenvalue weighted by Gasteiger charge is 2.27. The van der Waals surface area contributed by atoms with E-state index in [0.29, 0.717) is 18.8 Å². The van der Waals surface area contributed by atoms with E-state index in [0.717, 1.165) is 35.1 Å². The molecule has 2 N–H and O–H groups in total. The number of amides is 1. The van der Waals surface area contributed by atoms with Crippen molar-refractivity contribution in [1.29, 1.82) is 0 Å². The molecule has 2 aromatic heterocycles. The number of nitrogens with two attached hydrogens (primary N) is 1. The second-order valence-corrected chi connectivity index (χ2v) is 8.48. The third-order valence-corrected chi connectivity index (χ3v) is 6.73. The number of nitrogens with zero attached hydrogens (tertiary/aromatic N) is 1. The van der Waals surface area contributed by atoms with Gasteiger partial charge in [0.15, 0.2) is 5.76 Å². The van der Waals surface area contributed by atoms with Gasteiger partial charge in [0, 0.05) is 35.8 Å². The minimum atomic E-state index is -0.00937. The summed E-state index contributed by atoms with van der Waals surface area (Å²) in [5, 5.41) is 3.10. The summed E-state index contributed by atoms with van der Waals surface area (Å²) in [6.07, 6.45) is 1.70. The molecule has 1 aliphatic rings. The molecule has 1 aliphatic heterocycles. The van der Waals surface area contributed by atoms with Gasteiger partial charge in [-0.25, -0.2) is 0 Å². The number of piperidine rings is 1. The molecule has 0 aliphatic carbocycles. The zero-order valence-electron chi connectivity index (χ0n) is 14.2. The topological polar surface area (TPSA) is 59.5 Å². The summed E-state index contributed by atoms with van der Waals surface area (Å²) < 4.78 is 7.22. The third kappa shape index (κ3) is 3.93. The van der Waals surface area contributed by atoms with E-state index in [2.05, 4.69) is 11.4 Å². The van der Waals surface area contributed by atoms with E-state index < -0.39 is 0 Å². The van der Waals surface area contributed by atoms with E-state index in [9.17, 15) is 4.79 Å². The molecule has 4 nitrogen and oxygen atoms in total. The van der Waals surface area contributed by atoms with Gasteiger partial charge in [-0.2, -0.15) is 0 Å². The van der Waals surface area contributed by atoms with Gasteiger partial charge in [-0.1, -0.05) is 24.3 Å². The molecule has 0 bridgehead atoms. The van der Waals surface area contributed by atoms with Gasteiger partial charge in [0.05, 0.1) is 4.21 Å². The van der Waals surface area contributed by atoms with Crippen LogP contribution < -0.4 is 5.73 Å². The molecule has 1 fully saturated rings. The fourth-order valence-corrected chi connectivity index (χ4v) is 4.96. The van der Waals surface area contributed by atoms with Crippen LogP contribution in [-0.4, -0.2) is 29.9 Å². The van der Waals surface area contributed by atoms with Gasteiger partial charge < -0.3 is 15.1 Å². The molecule has 1 amide bonds. The molecule has 0 saturated carbocycles. The van der Waals surface area contributed by atoms with E-state index in [4.69, 9.17) is 10.2 Å². The number of thiophene rings is 1. The zero-order valence-corrected chi connectivity index (χ0v) is 16.7. The van der Waals surface area contributed by atoms with E-state index in [1.165, 1.54) is 4.21 Å². The maximum absolute atomic E-state index is 13.0. The molecule has 0 spiro atoms. The number of likely N-dealkylation sites (tertiary alicyclic amines) is 1.